The first-order valence-corrected chi connectivity index (χ1v) is 4.41. The largest absolute Gasteiger partial charge is 0.495 e. The Bertz CT molecular complexity index is 308. The van der Waals surface area contributed by atoms with E-state index in [4.69, 9.17) is 10.5 Å². The second-order valence-corrected chi connectivity index (χ2v) is 3.19. The van der Waals surface area contributed by atoms with E-state index in [9.17, 15) is 4.79 Å². The summed E-state index contributed by atoms with van der Waals surface area (Å²) in [4.78, 5) is 14.8. The lowest BCUT2D eigenvalue weighted by Crippen LogP contribution is -2.14. The first-order chi connectivity index (χ1) is 6.63. The lowest BCUT2D eigenvalue weighted by atomic mass is 10.0. The standard InChI is InChI=1S/C10H14N2O2/c1-7(5-10(11)13)9-4-3-8(14-2)6-12-9/h3-4,6-7H,5H2,1-2H3,(H2,11,13). The summed E-state index contributed by atoms with van der Waals surface area (Å²) in [5, 5.41) is 0. The Morgan fingerprint density at radius 2 is 2.36 bits per heavy atom. The summed E-state index contributed by atoms with van der Waals surface area (Å²) in [6.07, 6.45) is 1.95. The molecule has 0 aliphatic heterocycles. The zero-order valence-electron chi connectivity index (χ0n) is 8.36. The van der Waals surface area contributed by atoms with E-state index in [0.717, 1.165) is 5.69 Å². The lowest BCUT2D eigenvalue weighted by molar-refractivity contribution is -0.118. The molecule has 1 heterocycles. The zero-order chi connectivity index (χ0) is 10.6. The molecule has 0 aliphatic carbocycles. The summed E-state index contributed by atoms with van der Waals surface area (Å²) in [6, 6.07) is 3.66. The Kier molecular flexibility index (Phi) is 3.45. The van der Waals surface area contributed by atoms with Crippen molar-refractivity contribution in [2.24, 2.45) is 5.73 Å². The molecule has 0 aromatic carbocycles. The van der Waals surface area contributed by atoms with Gasteiger partial charge in [0.1, 0.15) is 5.75 Å². The molecule has 2 N–H and O–H groups in total. The molecule has 0 saturated carbocycles. The molecule has 1 amide bonds. The molecule has 0 fully saturated rings. The number of aromatic nitrogens is 1. The predicted molar refractivity (Wildman–Crippen MR) is 53.0 cm³/mol. The van der Waals surface area contributed by atoms with Crippen LogP contribution in [-0.4, -0.2) is 18.0 Å². The molecular weight excluding hydrogens is 180 g/mol. The van der Waals surface area contributed by atoms with Crippen molar-refractivity contribution in [3.63, 3.8) is 0 Å². The number of carbonyl (C=O) groups excluding carboxylic acids is 1. The molecule has 1 aromatic rings. The van der Waals surface area contributed by atoms with Crippen LogP contribution in [0.5, 0.6) is 5.75 Å². The molecule has 0 radical (unpaired) electrons. The number of nitrogens with zero attached hydrogens (tertiary/aromatic N) is 1. The summed E-state index contributed by atoms with van der Waals surface area (Å²) in [6.45, 7) is 1.92. The SMILES string of the molecule is COc1ccc(C(C)CC(N)=O)nc1. The van der Waals surface area contributed by atoms with Gasteiger partial charge in [-0.15, -0.1) is 0 Å². The van der Waals surface area contributed by atoms with Crippen molar-refractivity contribution in [2.45, 2.75) is 19.3 Å². The number of rotatable bonds is 4. The quantitative estimate of drug-likeness (QED) is 0.779. The fourth-order valence-electron chi connectivity index (χ4n) is 1.21. The summed E-state index contributed by atoms with van der Waals surface area (Å²) >= 11 is 0. The third-order valence-electron chi connectivity index (χ3n) is 2.01. The number of hydrogen-bond donors (Lipinski definition) is 1. The Labute approximate surface area is 83.1 Å². The maximum Gasteiger partial charge on any atom is 0.218 e. The number of ether oxygens (including phenoxy) is 1. The van der Waals surface area contributed by atoms with Crippen molar-refractivity contribution in [3.8, 4) is 5.75 Å². The van der Waals surface area contributed by atoms with Gasteiger partial charge in [-0.2, -0.15) is 0 Å². The number of methoxy groups -OCH3 is 1. The maximum absolute atomic E-state index is 10.7. The summed E-state index contributed by atoms with van der Waals surface area (Å²) in [5.74, 6) is 0.452. The minimum atomic E-state index is -0.310. The second kappa shape index (κ2) is 4.60. The summed E-state index contributed by atoms with van der Waals surface area (Å²) in [5.41, 5.74) is 5.95. The highest BCUT2D eigenvalue weighted by molar-refractivity contribution is 5.74. The van der Waals surface area contributed by atoms with E-state index in [1.165, 1.54) is 0 Å². The van der Waals surface area contributed by atoms with Crippen LogP contribution in [0.25, 0.3) is 0 Å². The average molecular weight is 194 g/mol. The van der Waals surface area contributed by atoms with E-state index in [1.807, 2.05) is 19.1 Å². The van der Waals surface area contributed by atoms with Crippen molar-refractivity contribution >= 4 is 5.91 Å². The van der Waals surface area contributed by atoms with Gasteiger partial charge in [-0.3, -0.25) is 9.78 Å². The molecule has 0 saturated heterocycles. The first-order valence-electron chi connectivity index (χ1n) is 4.41. The van der Waals surface area contributed by atoms with E-state index in [1.54, 1.807) is 13.3 Å². The van der Waals surface area contributed by atoms with Crippen molar-refractivity contribution in [1.29, 1.82) is 0 Å². The normalized spacial score (nSPS) is 12.1. The van der Waals surface area contributed by atoms with Crippen LogP contribution in [0, 0.1) is 0 Å². The number of amides is 1. The molecule has 4 nitrogen and oxygen atoms in total. The van der Waals surface area contributed by atoms with Gasteiger partial charge in [0, 0.05) is 18.0 Å². The van der Waals surface area contributed by atoms with Crippen LogP contribution in [-0.2, 0) is 4.79 Å². The van der Waals surface area contributed by atoms with Crippen LogP contribution in [0.15, 0.2) is 18.3 Å². The molecule has 14 heavy (non-hydrogen) atoms. The summed E-state index contributed by atoms with van der Waals surface area (Å²) < 4.78 is 4.98. The molecule has 0 aliphatic rings. The zero-order valence-corrected chi connectivity index (χ0v) is 8.36. The minimum Gasteiger partial charge on any atom is -0.495 e. The van der Waals surface area contributed by atoms with Crippen LogP contribution in [0.1, 0.15) is 25.0 Å². The molecule has 0 spiro atoms. The number of pyridine rings is 1. The van der Waals surface area contributed by atoms with Crippen LogP contribution >= 0.6 is 0 Å². The molecular formula is C10H14N2O2. The van der Waals surface area contributed by atoms with E-state index < -0.39 is 0 Å². The highest BCUT2D eigenvalue weighted by atomic mass is 16.5. The Morgan fingerprint density at radius 1 is 1.64 bits per heavy atom. The molecule has 1 rings (SSSR count). The second-order valence-electron chi connectivity index (χ2n) is 3.19. The molecule has 76 valence electrons. The fraction of sp³-hybridized carbons (Fsp3) is 0.400. The fourth-order valence-corrected chi connectivity index (χ4v) is 1.21. The smallest absolute Gasteiger partial charge is 0.218 e. The lowest BCUT2D eigenvalue weighted by Gasteiger charge is -2.08. The molecule has 1 atom stereocenters. The van der Waals surface area contributed by atoms with Gasteiger partial charge in [-0.05, 0) is 12.1 Å². The third kappa shape index (κ3) is 2.73. The van der Waals surface area contributed by atoms with Gasteiger partial charge in [0.25, 0.3) is 0 Å². The third-order valence-corrected chi connectivity index (χ3v) is 2.01. The van der Waals surface area contributed by atoms with Gasteiger partial charge in [0.15, 0.2) is 0 Å². The van der Waals surface area contributed by atoms with Gasteiger partial charge in [-0.1, -0.05) is 6.92 Å². The molecule has 1 aromatic heterocycles. The Morgan fingerprint density at radius 3 is 2.79 bits per heavy atom. The highest BCUT2D eigenvalue weighted by Gasteiger charge is 2.09. The topological polar surface area (TPSA) is 65.2 Å². The van der Waals surface area contributed by atoms with Gasteiger partial charge in [0.2, 0.25) is 5.91 Å². The van der Waals surface area contributed by atoms with Crippen molar-refractivity contribution in [1.82, 2.24) is 4.98 Å². The van der Waals surface area contributed by atoms with Gasteiger partial charge < -0.3 is 10.5 Å². The van der Waals surface area contributed by atoms with E-state index >= 15 is 0 Å². The van der Waals surface area contributed by atoms with Crippen molar-refractivity contribution in [2.75, 3.05) is 7.11 Å². The number of carbonyl (C=O) groups is 1. The predicted octanol–water partition coefficient (Wildman–Crippen LogP) is 1.07. The highest BCUT2D eigenvalue weighted by Crippen LogP contribution is 2.18. The minimum absolute atomic E-state index is 0.0541. The summed E-state index contributed by atoms with van der Waals surface area (Å²) in [7, 11) is 1.59. The Hall–Kier alpha value is -1.58. The van der Waals surface area contributed by atoms with Crippen LogP contribution in [0.4, 0.5) is 0 Å². The van der Waals surface area contributed by atoms with Gasteiger partial charge in [-0.25, -0.2) is 0 Å². The molecule has 1 unspecified atom stereocenters. The van der Waals surface area contributed by atoms with Crippen LogP contribution < -0.4 is 10.5 Å². The van der Waals surface area contributed by atoms with E-state index in [0.29, 0.717) is 12.2 Å². The molecule has 4 heteroatoms. The van der Waals surface area contributed by atoms with Crippen molar-refractivity contribution in [3.05, 3.63) is 24.0 Å². The van der Waals surface area contributed by atoms with E-state index in [2.05, 4.69) is 4.98 Å². The average Bonchev–Trinajstić information content (AvgIpc) is 2.17. The number of hydrogen-bond acceptors (Lipinski definition) is 3. The maximum atomic E-state index is 10.7. The Balaban J connectivity index is 2.71. The number of primary amides is 1. The van der Waals surface area contributed by atoms with Gasteiger partial charge >= 0.3 is 0 Å². The van der Waals surface area contributed by atoms with Crippen molar-refractivity contribution < 1.29 is 9.53 Å². The van der Waals surface area contributed by atoms with Gasteiger partial charge in [0.05, 0.1) is 13.3 Å². The number of nitrogens with two attached hydrogens (primary N) is 1. The first kappa shape index (κ1) is 10.5. The monoisotopic (exact) mass is 194 g/mol. The molecule has 0 bridgehead atoms. The van der Waals surface area contributed by atoms with E-state index in [-0.39, 0.29) is 11.8 Å². The van der Waals surface area contributed by atoms with Crippen LogP contribution in [0.3, 0.4) is 0 Å². The van der Waals surface area contributed by atoms with Crippen LogP contribution in [0.2, 0.25) is 0 Å².